The molecule has 0 bridgehead atoms. The number of hydrogen-bond acceptors (Lipinski definition) is 5. The molecular weight excluding hydrogens is 268 g/mol. The molecule has 1 fully saturated rings. The van der Waals surface area contributed by atoms with Crippen molar-refractivity contribution in [2.24, 2.45) is 5.41 Å². The number of aromatic nitrogens is 2. The first-order valence-corrected chi connectivity index (χ1v) is 7.54. The number of rotatable bonds is 4. The zero-order valence-electron chi connectivity index (χ0n) is 13.5. The van der Waals surface area contributed by atoms with Gasteiger partial charge in [0.25, 0.3) is 0 Å². The van der Waals surface area contributed by atoms with Gasteiger partial charge in [-0.3, -0.25) is 0 Å². The number of ether oxygens (including phenoxy) is 1. The Labute approximate surface area is 126 Å². The van der Waals surface area contributed by atoms with Crippen molar-refractivity contribution in [2.75, 3.05) is 32.5 Å². The molecule has 1 aromatic heterocycles. The highest BCUT2D eigenvalue weighted by Gasteiger charge is 2.31. The Balaban J connectivity index is 2.19. The lowest BCUT2D eigenvalue weighted by Gasteiger charge is -2.38. The van der Waals surface area contributed by atoms with Gasteiger partial charge in [0.15, 0.2) is 5.69 Å². The monoisotopic (exact) mass is 294 g/mol. The van der Waals surface area contributed by atoms with E-state index in [1.807, 2.05) is 11.5 Å². The minimum absolute atomic E-state index is 0.192. The van der Waals surface area contributed by atoms with Crippen LogP contribution >= 0.6 is 0 Å². The van der Waals surface area contributed by atoms with Crippen LogP contribution in [-0.2, 0) is 11.3 Å². The molecule has 0 aromatic carbocycles. The summed E-state index contributed by atoms with van der Waals surface area (Å²) in [7, 11) is 2.15. The molecule has 0 unspecified atom stereocenters. The van der Waals surface area contributed by atoms with Gasteiger partial charge in [0.05, 0.1) is 6.61 Å². The van der Waals surface area contributed by atoms with Gasteiger partial charge in [0.1, 0.15) is 11.6 Å². The molecule has 2 rings (SSSR count). The predicted octanol–water partition coefficient (Wildman–Crippen LogP) is 1.68. The second kappa shape index (κ2) is 6.05. The summed E-state index contributed by atoms with van der Waals surface area (Å²) in [4.78, 5) is 18.5. The van der Waals surface area contributed by atoms with Crippen molar-refractivity contribution < 1.29 is 9.53 Å². The summed E-state index contributed by atoms with van der Waals surface area (Å²) in [5.41, 5.74) is 6.56. The van der Waals surface area contributed by atoms with E-state index in [9.17, 15) is 4.79 Å². The van der Waals surface area contributed by atoms with Crippen molar-refractivity contribution in [3.8, 4) is 0 Å². The van der Waals surface area contributed by atoms with Gasteiger partial charge < -0.3 is 19.9 Å². The Kier molecular flexibility index (Phi) is 4.56. The lowest BCUT2D eigenvalue weighted by atomic mass is 9.80. The summed E-state index contributed by atoms with van der Waals surface area (Å²) in [6.07, 6.45) is 2.24. The van der Waals surface area contributed by atoms with Gasteiger partial charge in [0.2, 0.25) is 0 Å². The smallest absolute Gasteiger partial charge is 0.360 e. The maximum Gasteiger partial charge on any atom is 0.360 e. The first-order chi connectivity index (χ1) is 9.86. The average Bonchev–Trinajstić information content (AvgIpc) is 2.71. The molecule has 0 saturated carbocycles. The van der Waals surface area contributed by atoms with E-state index < -0.39 is 5.97 Å². The number of carbonyl (C=O) groups excluding carboxylic acids is 1. The van der Waals surface area contributed by atoms with Crippen LogP contribution in [-0.4, -0.2) is 47.2 Å². The average molecular weight is 294 g/mol. The topological polar surface area (TPSA) is 73.4 Å². The van der Waals surface area contributed by atoms with Crippen LogP contribution in [0, 0.1) is 12.3 Å². The van der Waals surface area contributed by atoms with Crippen LogP contribution in [0.3, 0.4) is 0 Å². The van der Waals surface area contributed by atoms with Gasteiger partial charge in [-0.1, -0.05) is 6.92 Å². The van der Waals surface area contributed by atoms with Crippen LogP contribution in [0.5, 0.6) is 0 Å². The third kappa shape index (κ3) is 3.37. The van der Waals surface area contributed by atoms with Crippen LogP contribution in [0.4, 0.5) is 5.82 Å². The van der Waals surface area contributed by atoms with E-state index >= 15 is 0 Å². The summed E-state index contributed by atoms with van der Waals surface area (Å²) in [6.45, 7) is 9.25. The number of likely N-dealkylation sites (tertiary alicyclic amines) is 1. The fourth-order valence-corrected chi connectivity index (χ4v) is 2.83. The third-order valence-corrected chi connectivity index (χ3v) is 4.40. The van der Waals surface area contributed by atoms with Gasteiger partial charge >= 0.3 is 5.97 Å². The molecule has 6 heteroatoms. The van der Waals surface area contributed by atoms with Gasteiger partial charge in [-0.15, -0.1) is 0 Å². The minimum atomic E-state index is -0.439. The number of piperidine rings is 1. The van der Waals surface area contributed by atoms with Gasteiger partial charge in [-0.25, -0.2) is 9.78 Å². The van der Waals surface area contributed by atoms with Gasteiger partial charge in [-0.05, 0) is 52.2 Å². The van der Waals surface area contributed by atoms with E-state index in [1.54, 1.807) is 6.92 Å². The van der Waals surface area contributed by atoms with Crippen LogP contribution in [0.2, 0.25) is 0 Å². The fourth-order valence-electron chi connectivity index (χ4n) is 2.83. The fraction of sp³-hybridized carbons (Fsp3) is 0.733. The van der Waals surface area contributed by atoms with E-state index in [-0.39, 0.29) is 11.1 Å². The highest BCUT2D eigenvalue weighted by Crippen LogP contribution is 2.34. The number of esters is 1. The number of nitrogen functional groups attached to an aromatic ring is 1. The molecule has 21 heavy (non-hydrogen) atoms. The number of aryl methyl sites for hydroxylation is 1. The van der Waals surface area contributed by atoms with Gasteiger partial charge in [-0.2, -0.15) is 0 Å². The molecule has 0 radical (unpaired) electrons. The lowest BCUT2D eigenvalue weighted by molar-refractivity contribution is 0.0521. The van der Waals surface area contributed by atoms with Crippen molar-refractivity contribution >= 4 is 11.8 Å². The molecule has 0 amide bonds. The first-order valence-electron chi connectivity index (χ1n) is 7.54. The summed E-state index contributed by atoms with van der Waals surface area (Å²) in [5.74, 6) is 0.757. The second-order valence-corrected chi connectivity index (χ2v) is 6.31. The molecule has 2 N–H and O–H groups in total. The van der Waals surface area contributed by atoms with Crippen molar-refractivity contribution in [1.29, 1.82) is 0 Å². The zero-order chi connectivity index (χ0) is 15.6. The normalized spacial score (nSPS) is 18.7. The second-order valence-electron chi connectivity index (χ2n) is 6.31. The lowest BCUT2D eigenvalue weighted by Crippen LogP contribution is -2.38. The largest absolute Gasteiger partial charge is 0.461 e. The van der Waals surface area contributed by atoms with Crippen molar-refractivity contribution in [3.63, 3.8) is 0 Å². The standard InChI is InChI=1S/C15H26N4O2/c1-5-21-14(20)12-13(16)19(11(2)17-12)10-15(3)6-8-18(4)9-7-15/h5-10,16H2,1-4H3. The summed E-state index contributed by atoms with van der Waals surface area (Å²) < 4.78 is 6.96. The molecule has 0 spiro atoms. The van der Waals surface area contributed by atoms with Crippen LogP contribution in [0.25, 0.3) is 0 Å². The predicted molar refractivity (Wildman–Crippen MR) is 82.2 cm³/mol. The van der Waals surface area contributed by atoms with E-state index in [4.69, 9.17) is 10.5 Å². The van der Waals surface area contributed by atoms with Crippen molar-refractivity contribution in [2.45, 2.75) is 40.2 Å². The van der Waals surface area contributed by atoms with E-state index in [1.165, 1.54) is 0 Å². The van der Waals surface area contributed by atoms with Crippen LogP contribution in [0.1, 0.15) is 43.0 Å². The molecule has 6 nitrogen and oxygen atoms in total. The molecular formula is C15H26N4O2. The number of hydrogen-bond donors (Lipinski definition) is 1. The summed E-state index contributed by atoms with van der Waals surface area (Å²) >= 11 is 0. The Morgan fingerprint density at radius 3 is 2.62 bits per heavy atom. The number of nitrogens with zero attached hydrogens (tertiary/aromatic N) is 3. The minimum Gasteiger partial charge on any atom is -0.461 e. The van der Waals surface area contributed by atoms with Crippen molar-refractivity contribution in [1.82, 2.24) is 14.5 Å². The number of anilines is 1. The maximum atomic E-state index is 11.9. The van der Waals surface area contributed by atoms with Crippen molar-refractivity contribution in [3.05, 3.63) is 11.5 Å². The Bertz CT molecular complexity index is 516. The first kappa shape index (κ1) is 15.8. The summed E-state index contributed by atoms with van der Waals surface area (Å²) in [5, 5.41) is 0. The highest BCUT2D eigenvalue weighted by molar-refractivity contribution is 5.92. The third-order valence-electron chi connectivity index (χ3n) is 4.40. The highest BCUT2D eigenvalue weighted by atomic mass is 16.5. The van der Waals surface area contributed by atoms with E-state index in [0.29, 0.717) is 12.4 Å². The molecule has 1 aromatic rings. The molecule has 1 aliphatic rings. The van der Waals surface area contributed by atoms with E-state index in [0.717, 1.165) is 38.3 Å². The number of carbonyl (C=O) groups is 1. The van der Waals surface area contributed by atoms with Crippen LogP contribution in [0.15, 0.2) is 0 Å². The molecule has 2 heterocycles. The van der Waals surface area contributed by atoms with Crippen LogP contribution < -0.4 is 5.73 Å². The summed E-state index contributed by atoms with van der Waals surface area (Å²) in [6, 6.07) is 0. The molecule has 0 atom stereocenters. The SMILES string of the molecule is CCOC(=O)c1nc(C)n(CC2(C)CCN(C)CC2)c1N. The number of imidazole rings is 1. The Hall–Kier alpha value is -1.56. The Morgan fingerprint density at radius 2 is 2.05 bits per heavy atom. The van der Waals surface area contributed by atoms with Gasteiger partial charge in [0, 0.05) is 6.54 Å². The number of nitrogens with two attached hydrogens (primary N) is 1. The molecule has 118 valence electrons. The quantitative estimate of drug-likeness (QED) is 0.855. The van der Waals surface area contributed by atoms with E-state index in [2.05, 4.69) is 23.9 Å². The maximum absolute atomic E-state index is 11.9. The molecule has 1 saturated heterocycles. The molecule has 1 aliphatic heterocycles. The Morgan fingerprint density at radius 1 is 1.43 bits per heavy atom. The zero-order valence-corrected chi connectivity index (χ0v) is 13.5. The molecule has 0 aliphatic carbocycles.